The second-order valence-corrected chi connectivity index (χ2v) is 9.91. The van der Waals surface area contributed by atoms with Gasteiger partial charge in [-0.05, 0) is 11.6 Å². The summed E-state index contributed by atoms with van der Waals surface area (Å²) in [7, 11) is -2.27. The number of hydrogen-bond acceptors (Lipinski definition) is 4. The summed E-state index contributed by atoms with van der Waals surface area (Å²) in [5.41, 5.74) is 1.12. The summed E-state index contributed by atoms with van der Waals surface area (Å²) < 4.78 is 24.5. The van der Waals surface area contributed by atoms with Crippen LogP contribution in [0.4, 0.5) is 0 Å². The van der Waals surface area contributed by atoms with Gasteiger partial charge in [-0.25, -0.2) is 0 Å². The zero-order valence-electron chi connectivity index (χ0n) is 12.0. The fourth-order valence-electron chi connectivity index (χ4n) is 3.83. The predicted molar refractivity (Wildman–Crippen MR) is 87.1 cm³/mol. The Kier molecular flexibility index (Phi) is 3.43. The molecule has 22 heavy (non-hydrogen) atoms. The van der Waals surface area contributed by atoms with Gasteiger partial charge in [-0.2, -0.15) is 0 Å². The van der Waals surface area contributed by atoms with Crippen molar-refractivity contribution >= 4 is 27.4 Å². The molecule has 2 bridgehead atoms. The molecule has 0 saturated carbocycles. The molecule has 0 radical (unpaired) electrons. The van der Waals surface area contributed by atoms with Gasteiger partial charge in [-0.15, -0.1) is 0 Å². The monoisotopic (exact) mass is 335 g/mol. The molecular formula is C16H17NO3S2. The van der Waals surface area contributed by atoms with Crippen LogP contribution in [0.3, 0.4) is 0 Å². The average molecular weight is 335 g/mol. The summed E-state index contributed by atoms with van der Waals surface area (Å²) in [6.07, 6.45) is 3.88. The molecule has 3 heterocycles. The van der Waals surface area contributed by atoms with Crippen molar-refractivity contribution in [1.29, 1.82) is 0 Å². The first kappa shape index (κ1) is 14.5. The van der Waals surface area contributed by atoms with Gasteiger partial charge in [0, 0.05) is 46.1 Å². The Bertz CT molecular complexity index is 685. The van der Waals surface area contributed by atoms with Gasteiger partial charge in [-0.1, -0.05) is 36.4 Å². The molecule has 1 spiro atoms. The predicted octanol–water partition coefficient (Wildman–Crippen LogP) is 0.976. The Balaban J connectivity index is 1.74. The van der Waals surface area contributed by atoms with Gasteiger partial charge in [0.15, 0.2) is 5.78 Å². The van der Waals surface area contributed by atoms with Crippen LogP contribution >= 0.6 is 0 Å². The van der Waals surface area contributed by atoms with E-state index in [1.165, 1.54) is 0 Å². The van der Waals surface area contributed by atoms with E-state index in [1.54, 1.807) is 6.08 Å². The number of hydrogen-bond donors (Lipinski definition) is 0. The molecule has 0 N–H and O–H groups in total. The zero-order valence-corrected chi connectivity index (χ0v) is 13.6. The topological polar surface area (TPSA) is 54.5 Å². The van der Waals surface area contributed by atoms with Crippen LogP contribution < -0.4 is 0 Å². The summed E-state index contributed by atoms with van der Waals surface area (Å²) in [5, 5.41) is 0. The highest BCUT2D eigenvalue weighted by molar-refractivity contribution is 8.07. The number of rotatable bonds is 2. The van der Waals surface area contributed by atoms with Crippen LogP contribution in [-0.4, -0.2) is 46.8 Å². The van der Waals surface area contributed by atoms with Crippen molar-refractivity contribution in [3.8, 4) is 0 Å². The molecule has 2 fully saturated rings. The van der Waals surface area contributed by atoms with Gasteiger partial charge in [0.1, 0.15) is 4.08 Å². The SMILES string of the molecule is O=C1C=C[C@H]2N(Cc3ccccc3)[C@@H]1CC21[S@](=O)CC[S@@]1=O. The summed E-state index contributed by atoms with van der Waals surface area (Å²) in [6.45, 7) is 0.627. The lowest BCUT2D eigenvalue weighted by atomic mass is 10.1. The van der Waals surface area contributed by atoms with E-state index in [9.17, 15) is 13.2 Å². The molecular weight excluding hydrogens is 318 g/mol. The molecule has 0 aromatic heterocycles. The molecule has 0 aliphatic carbocycles. The van der Waals surface area contributed by atoms with Gasteiger partial charge in [-0.3, -0.25) is 18.1 Å². The average Bonchev–Trinajstić information content (AvgIpc) is 2.93. The fraction of sp³-hybridized carbons (Fsp3) is 0.438. The molecule has 3 aliphatic heterocycles. The van der Waals surface area contributed by atoms with Gasteiger partial charge in [0.25, 0.3) is 0 Å². The molecule has 0 amide bonds. The largest absolute Gasteiger partial charge is 0.293 e. The molecule has 3 aliphatic rings. The Morgan fingerprint density at radius 3 is 2.50 bits per heavy atom. The van der Waals surface area contributed by atoms with E-state index in [0.717, 1.165) is 5.56 Å². The van der Waals surface area contributed by atoms with Crippen molar-refractivity contribution in [1.82, 2.24) is 4.90 Å². The van der Waals surface area contributed by atoms with E-state index < -0.39 is 25.7 Å². The maximum atomic E-state index is 12.6. The maximum Gasteiger partial charge on any atom is 0.172 e. The molecule has 2 saturated heterocycles. The molecule has 1 aromatic carbocycles. The third-order valence-corrected chi connectivity index (χ3v) is 9.77. The lowest BCUT2D eigenvalue weighted by molar-refractivity contribution is -0.119. The molecule has 4 rings (SSSR count). The third-order valence-electron chi connectivity index (χ3n) is 4.89. The highest BCUT2D eigenvalue weighted by Gasteiger charge is 2.63. The lowest BCUT2D eigenvalue weighted by Crippen LogP contribution is -2.48. The van der Waals surface area contributed by atoms with Gasteiger partial charge < -0.3 is 0 Å². The first-order valence-corrected chi connectivity index (χ1v) is 10.1. The van der Waals surface area contributed by atoms with E-state index in [1.807, 2.05) is 36.4 Å². The van der Waals surface area contributed by atoms with Crippen LogP contribution in [-0.2, 0) is 32.9 Å². The van der Waals surface area contributed by atoms with E-state index in [4.69, 9.17) is 0 Å². The molecule has 1 aromatic rings. The smallest absolute Gasteiger partial charge is 0.172 e. The molecule has 1 unspecified atom stereocenters. The van der Waals surface area contributed by atoms with E-state index in [2.05, 4.69) is 4.90 Å². The van der Waals surface area contributed by atoms with Gasteiger partial charge in [0.05, 0.1) is 12.1 Å². The van der Waals surface area contributed by atoms with Gasteiger partial charge >= 0.3 is 0 Å². The van der Waals surface area contributed by atoms with Crippen molar-refractivity contribution in [3.05, 3.63) is 48.0 Å². The molecule has 116 valence electrons. The van der Waals surface area contributed by atoms with Crippen molar-refractivity contribution in [2.45, 2.75) is 29.1 Å². The second kappa shape index (κ2) is 5.22. The molecule has 5 atom stereocenters. The number of benzene rings is 1. The van der Waals surface area contributed by atoms with Crippen LogP contribution in [0.15, 0.2) is 42.5 Å². The second-order valence-electron chi connectivity index (χ2n) is 6.00. The Hall–Kier alpha value is -1.11. The van der Waals surface area contributed by atoms with Crippen LogP contribution in [0.1, 0.15) is 12.0 Å². The quantitative estimate of drug-likeness (QED) is 0.808. The molecule has 4 nitrogen and oxygen atoms in total. The summed E-state index contributed by atoms with van der Waals surface area (Å²) in [4.78, 5) is 14.4. The normalized spacial score (nSPS) is 40.6. The Morgan fingerprint density at radius 1 is 1.14 bits per heavy atom. The summed E-state index contributed by atoms with van der Waals surface area (Å²) in [5.74, 6) is 1.01. The van der Waals surface area contributed by atoms with Crippen LogP contribution in [0.5, 0.6) is 0 Å². The number of carbonyl (C=O) groups excluding carboxylic acids is 1. The summed E-state index contributed by atoms with van der Waals surface area (Å²) in [6, 6.07) is 9.50. The van der Waals surface area contributed by atoms with Crippen molar-refractivity contribution in [2.75, 3.05) is 11.5 Å². The summed E-state index contributed by atoms with van der Waals surface area (Å²) >= 11 is 0. The highest BCUT2D eigenvalue weighted by Crippen LogP contribution is 2.47. The Morgan fingerprint density at radius 2 is 1.82 bits per heavy atom. The molecule has 6 heteroatoms. The standard InChI is InChI=1S/C16H17NO3S2/c18-14-6-7-15-16(21(19)8-9-22(16)20)10-13(14)17(15)11-12-4-2-1-3-5-12/h1-7,13,15H,8-11H2/t13-,15-,16?,21-,22+/m1/s1. The first-order valence-electron chi connectivity index (χ1n) is 7.41. The minimum absolute atomic E-state index is 0.0463. The van der Waals surface area contributed by atoms with Crippen LogP contribution in [0.2, 0.25) is 0 Å². The minimum atomic E-state index is -1.14. The Labute approximate surface area is 134 Å². The van der Waals surface area contributed by atoms with E-state index >= 15 is 0 Å². The third kappa shape index (κ3) is 1.94. The van der Waals surface area contributed by atoms with Crippen molar-refractivity contribution in [3.63, 3.8) is 0 Å². The van der Waals surface area contributed by atoms with E-state index in [-0.39, 0.29) is 17.9 Å². The lowest BCUT2D eigenvalue weighted by Gasteiger charge is -2.33. The van der Waals surface area contributed by atoms with Crippen molar-refractivity contribution < 1.29 is 13.2 Å². The minimum Gasteiger partial charge on any atom is -0.293 e. The van der Waals surface area contributed by atoms with Crippen LogP contribution in [0.25, 0.3) is 0 Å². The first-order chi connectivity index (χ1) is 10.6. The van der Waals surface area contributed by atoms with Gasteiger partial charge in [0.2, 0.25) is 0 Å². The maximum absolute atomic E-state index is 12.6. The highest BCUT2D eigenvalue weighted by atomic mass is 32.3. The number of fused-ring (bicyclic) bond motifs is 3. The fourth-order valence-corrected chi connectivity index (χ4v) is 8.72. The van der Waals surface area contributed by atoms with E-state index in [0.29, 0.717) is 24.5 Å². The van der Waals surface area contributed by atoms with Crippen LogP contribution in [0, 0.1) is 0 Å². The zero-order chi connectivity index (χ0) is 15.3. The van der Waals surface area contributed by atoms with Crippen molar-refractivity contribution in [2.24, 2.45) is 0 Å². The number of carbonyl (C=O) groups is 1. The number of nitrogens with zero attached hydrogens (tertiary/aromatic N) is 1. The number of ketones is 1.